The largest absolute Gasteiger partial charge is 0.457 e. The molecule has 0 aromatic heterocycles. The number of nitrogens with one attached hydrogen (secondary N) is 1. The summed E-state index contributed by atoms with van der Waals surface area (Å²) in [5.74, 6) is 1.53. The zero-order valence-corrected chi connectivity index (χ0v) is 12.9. The van der Waals surface area contributed by atoms with Gasteiger partial charge in [-0.05, 0) is 56.2 Å². The summed E-state index contributed by atoms with van der Waals surface area (Å²) in [4.78, 5) is 0. The average Bonchev–Trinajstić information content (AvgIpc) is 2.46. The van der Waals surface area contributed by atoms with Gasteiger partial charge in [-0.2, -0.15) is 0 Å². The van der Waals surface area contributed by atoms with Crippen molar-refractivity contribution in [2.24, 2.45) is 0 Å². The maximum absolute atomic E-state index is 9.13. The van der Waals surface area contributed by atoms with Crippen LogP contribution in [0.5, 0.6) is 11.5 Å². The number of ether oxygens (including phenoxy) is 1. The van der Waals surface area contributed by atoms with Gasteiger partial charge in [-0.3, -0.25) is 0 Å². The molecule has 0 saturated heterocycles. The van der Waals surface area contributed by atoms with E-state index in [1.165, 1.54) is 5.56 Å². The first-order chi connectivity index (χ1) is 9.96. The maximum Gasteiger partial charge on any atom is 0.127 e. The Balaban J connectivity index is 1.98. The molecule has 0 saturated carbocycles. The third kappa shape index (κ3) is 5.21. The van der Waals surface area contributed by atoms with Gasteiger partial charge in [0.05, 0.1) is 6.61 Å². The molecule has 21 heavy (non-hydrogen) atoms. The minimum absolute atomic E-state index is 0.0224. The fourth-order valence-corrected chi connectivity index (χ4v) is 1.89. The molecule has 0 radical (unpaired) electrons. The van der Waals surface area contributed by atoms with E-state index < -0.39 is 0 Å². The van der Waals surface area contributed by atoms with Crippen LogP contribution in [0.2, 0.25) is 0 Å². The minimum atomic E-state index is 0.0224. The van der Waals surface area contributed by atoms with Crippen LogP contribution in [0.25, 0.3) is 0 Å². The fraction of sp³-hybridized carbons (Fsp3) is 0.333. The van der Waals surface area contributed by atoms with Crippen LogP contribution in [-0.4, -0.2) is 10.6 Å². The Hall–Kier alpha value is -1.84. The van der Waals surface area contributed by atoms with Crippen molar-refractivity contribution < 1.29 is 9.84 Å². The summed E-state index contributed by atoms with van der Waals surface area (Å²) < 4.78 is 5.79. The fourth-order valence-electron chi connectivity index (χ4n) is 1.89. The molecule has 0 heterocycles. The summed E-state index contributed by atoms with van der Waals surface area (Å²) in [6.45, 7) is 7.31. The Bertz CT molecular complexity index is 571. The van der Waals surface area contributed by atoms with Crippen molar-refractivity contribution in [3.8, 4) is 11.5 Å². The Morgan fingerprint density at radius 3 is 2.29 bits per heavy atom. The first kappa shape index (κ1) is 15.5. The van der Waals surface area contributed by atoms with Crippen LogP contribution >= 0.6 is 0 Å². The molecule has 112 valence electrons. The first-order valence-electron chi connectivity index (χ1n) is 7.18. The van der Waals surface area contributed by atoms with Gasteiger partial charge in [0.25, 0.3) is 0 Å². The van der Waals surface area contributed by atoms with E-state index in [1.54, 1.807) is 0 Å². The summed E-state index contributed by atoms with van der Waals surface area (Å²) in [5, 5.41) is 12.6. The lowest BCUT2D eigenvalue weighted by molar-refractivity contribution is 0.281. The predicted molar refractivity (Wildman–Crippen MR) is 85.5 cm³/mol. The van der Waals surface area contributed by atoms with Gasteiger partial charge < -0.3 is 15.2 Å². The van der Waals surface area contributed by atoms with Gasteiger partial charge in [0.15, 0.2) is 0 Å². The van der Waals surface area contributed by atoms with Crippen LogP contribution in [0.1, 0.15) is 31.9 Å². The summed E-state index contributed by atoms with van der Waals surface area (Å²) in [7, 11) is 0. The minimum Gasteiger partial charge on any atom is -0.457 e. The van der Waals surface area contributed by atoms with Gasteiger partial charge in [0, 0.05) is 12.1 Å². The molecular weight excluding hydrogens is 262 g/mol. The molecule has 0 fully saturated rings. The molecule has 0 spiro atoms. The van der Waals surface area contributed by atoms with Gasteiger partial charge in [-0.15, -0.1) is 0 Å². The molecule has 0 aliphatic heterocycles. The van der Waals surface area contributed by atoms with Crippen molar-refractivity contribution >= 4 is 0 Å². The molecule has 0 bridgehead atoms. The first-order valence-corrected chi connectivity index (χ1v) is 7.18. The standard InChI is InChI=1S/C18H23NO2/c1-18(2,3)19-12-14-7-9-16(10-8-14)21-17-6-4-5-15(11-17)13-20/h4-11,19-20H,12-13H2,1-3H3. The number of rotatable bonds is 5. The Morgan fingerprint density at radius 1 is 0.952 bits per heavy atom. The molecule has 3 heteroatoms. The van der Waals surface area contributed by atoms with Gasteiger partial charge in [0.1, 0.15) is 11.5 Å². The molecule has 2 rings (SSSR count). The third-order valence-electron chi connectivity index (χ3n) is 3.06. The Morgan fingerprint density at radius 2 is 1.67 bits per heavy atom. The Kier molecular flexibility index (Phi) is 4.99. The second kappa shape index (κ2) is 6.74. The second-order valence-corrected chi connectivity index (χ2v) is 6.16. The topological polar surface area (TPSA) is 41.5 Å². The van der Waals surface area contributed by atoms with E-state index in [9.17, 15) is 0 Å². The van der Waals surface area contributed by atoms with Crippen LogP contribution < -0.4 is 10.1 Å². The number of hydrogen-bond donors (Lipinski definition) is 2. The van der Waals surface area contributed by atoms with Gasteiger partial charge >= 0.3 is 0 Å². The van der Waals surface area contributed by atoms with Crippen LogP contribution in [0, 0.1) is 0 Å². The van der Waals surface area contributed by atoms with E-state index in [0.29, 0.717) is 0 Å². The zero-order chi connectivity index (χ0) is 15.3. The van der Waals surface area contributed by atoms with Crippen LogP contribution in [0.3, 0.4) is 0 Å². The molecule has 0 amide bonds. The average molecular weight is 285 g/mol. The second-order valence-electron chi connectivity index (χ2n) is 6.16. The highest BCUT2D eigenvalue weighted by atomic mass is 16.5. The van der Waals surface area contributed by atoms with Gasteiger partial charge in [-0.25, -0.2) is 0 Å². The van der Waals surface area contributed by atoms with E-state index in [4.69, 9.17) is 9.84 Å². The lowest BCUT2D eigenvalue weighted by Crippen LogP contribution is -2.34. The van der Waals surface area contributed by atoms with Crippen LogP contribution in [-0.2, 0) is 13.2 Å². The van der Waals surface area contributed by atoms with Crippen molar-refractivity contribution in [1.29, 1.82) is 0 Å². The summed E-state index contributed by atoms with van der Waals surface area (Å²) >= 11 is 0. The zero-order valence-electron chi connectivity index (χ0n) is 12.9. The van der Waals surface area contributed by atoms with E-state index in [0.717, 1.165) is 23.6 Å². The normalized spacial score (nSPS) is 11.4. The van der Waals surface area contributed by atoms with E-state index >= 15 is 0 Å². The molecule has 0 unspecified atom stereocenters. The van der Waals surface area contributed by atoms with Crippen molar-refractivity contribution in [3.63, 3.8) is 0 Å². The molecule has 0 aliphatic rings. The predicted octanol–water partition coefficient (Wildman–Crippen LogP) is 3.86. The SMILES string of the molecule is CC(C)(C)NCc1ccc(Oc2cccc(CO)c2)cc1. The smallest absolute Gasteiger partial charge is 0.127 e. The highest BCUT2D eigenvalue weighted by Gasteiger charge is 2.08. The summed E-state index contributed by atoms with van der Waals surface area (Å²) in [6, 6.07) is 15.5. The molecule has 3 nitrogen and oxygen atoms in total. The van der Waals surface area contributed by atoms with Crippen molar-refractivity contribution in [3.05, 3.63) is 59.7 Å². The highest BCUT2D eigenvalue weighted by molar-refractivity contribution is 5.35. The third-order valence-corrected chi connectivity index (χ3v) is 3.06. The molecule has 0 aliphatic carbocycles. The highest BCUT2D eigenvalue weighted by Crippen LogP contribution is 2.22. The monoisotopic (exact) mass is 285 g/mol. The number of hydrogen-bond acceptors (Lipinski definition) is 3. The number of aliphatic hydroxyl groups excluding tert-OH is 1. The molecule has 2 aromatic carbocycles. The number of aliphatic hydroxyl groups is 1. The summed E-state index contributed by atoms with van der Waals surface area (Å²) in [6.07, 6.45) is 0. The summed E-state index contributed by atoms with van der Waals surface area (Å²) in [5.41, 5.74) is 2.18. The van der Waals surface area contributed by atoms with E-state index in [2.05, 4.69) is 38.2 Å². The maximum atomic E-state index is 9.13. The molecule has 0 atom stereocenters. The van der Waals surface area contributed by atoms with Crippen molar-refractivity contribution in [2.45, 2.75) is 39.5 Å². The lowest BCUT2D eigenvalue weighted by atomic mass is 10.1. The molecule has 2 N–H and O–H groups in total. The molecular formula is C18H23NO2. The number of benzene rings is 2. The van der Waals surface area contributed by atoms with E-state index in [-0.39, 0.29) is 12.1 Å². The van der Waals surface area contributed by atoms with Gasteiger partial charge in [-0.1, -0.05) is 24.3 Å². The Labute approximate surface area is 126 Å². The van der Waals surface area contributed by atoms with Crippen molar-refractivity contribution in [2.75, 3.05) is 0 Å². The quantitative estimate of drug-likeness (QED) is 0.876. The lowest BCUT2D eigenvalue weighted by Gasteiger charge is -2.20. The van der Waals surface area contributed by atoms with Gasteiger partial charge in [0.2, 0.25) is 0 Å². The molecule has 2 aromatic rings. The van der Waals surface area contributed by atoms with Crippen molar-refractivity contribution in [1.82, 2.24) is 5.32 Å². The van der Waals surface area contributed by atoms with Crippen LogP contribution in [0.15, 0.2) is 48.5 Å². The van der Waals surface area contributed by atoms with E-state index in [1.807, 2.05) is 36.4 Å². The van der Waals surface area contributed by atoms with Crippen LogP contribution in [0.4, 0.5) is 0 Å².